The van der Waals surface area contributed by atoms with Crippen molar-refractivity contribution in [3.63, 3.8) is 0 Å². The van der Waals surface area contributed by atoms with Crippen molar-refractivity contribution in [3.8, 4) is 0 Å². The van der Waals surface area contributed by atoms with Gasteiger partial charge in [-0.25, -0.2) is 9.78 Å². The van der Waals surface area contributed by atoms with E-state index in [0.717, 1.165) is 5.69 Å². The lowest BCUT2D eigenvalue weighted by Crippen LogP contribution is -2.13. The molecule has 0 aliphatic rings. The van der Waals surface area contributed by atoms with Crippen LogP contribution >= 0.6 is 11.8 Å². The molecule has 1 aromatic carbocycles. The van der Waals surface area contributed by atoms with Gasteiger partial charge in [0.15, 0.2) is 5.16 Å². The van der Waals surface area contributed by atoms with Gasteiger partial charge in [-0.1, -0.05) is 30.0 Å². The van der Waals surface area contributed by atoms with Gasteiger partial charge in [-0.05, 0) is 19.1 Å². The number of rotatable bonds is 6. The number of amides is 1. The van der Waals surface area contributed by atoms with Crippen molar-refractivity contribution in [2.24, 2.45) is 0 Å². The number of H-pyrrole nitrogens is 1. The molecule has 0 spiro atoms. The number of anilines is 1. The molecule has 2 rings (SSSR count). The predicted molar refractivity (Wildman–Crippen MR) is 80.3 cm³/mol. The van der Waals surface area contributed by atoms with Crippen molar-refractivity contribution >= 4 is 29.3 Å². The van der Waals surface area contributed by atoms with Gasteiger partial charge in [-0.3, -0.25) is 4.79 Å². The highest BCUT2D eigenvalue weighted by Gasteiger charge is 2.11. The Morgan fingerprint density at radius 3 is 2.81 bits per heavy atom. The standard InChI is InChI=1S/C14H15N3O3S/c1-2-20-13(19)11-8-15-14(17-11)21-9-12(18)16-10-6-4-3-5-7-10/h3-8H,2,9H2,1H3,(H,15,17)(H,16,18). The number of hydrogen-bond donors (Lipinski definition) is 2. The molecule has 2 N–H and O–H groups in total. The number of aromatic nitrogens is 2. The summed E-state index contributed by atoms with van der Waals surface area (Å²) in [5, 5.41) is 3.27. The van der Waals surface area contributed by atoms with Gasteiger partial charge in [0.1, 0.15) is 5.69 Å². The maximum Gasteiger partial charge on any atom is 0.356 e. The quantitative estimate of drug-likeness (QED) is 0.632. The van der Waals surface area contributed by atoms with Crippen LogP contribution in [0.15, 0.2) is 41.7 Å². The number of esters is 1. The van der Waals surface area contributed by atoms with E-state index in [1.54, 1.807) is 6.92 Å². The average molecular weight is 305 g/mol. The molecular weight excluding hydrogens is 290 g/mol. The van der Waals surface area contributed by atoms with Crippen molar-refractivity contribution < 1.29 is 14.3 Å². The molecule has 0 aliphatic carbocycles. The lowest BCUT2D eigenvalue weighted by molar-refractivity contribution is -0.113. The number of benzene rings is 1. The molecule has 0 atom stereocenters. The summed E-state index contributed by atoms with van der Waals surface area (Å²) in [6.07, 6.45) is 1.40. The minimum atomic E-state index is -0.453. The SMILES string of the molecule is CCOC(=O)c1cnc(SCC(=O)Nc2ccccc2)[nH]1. The number of nitrogens with zero attached hydrogens (tertiary/aromatic N) is 1. The fraction of sp³-hybridized carbons (Fsp3) is 0.214. The molecule has 0 aliphatic heterocycles. The van der Waals surface area contributed by atoms with Gasteiger partial charge >= 0.3 is 5.97 Å². The molecular formula is C14H15N3O3S. The number of aromatic amines is 1. The van der Waals surface area contributed by atoms with Gasteiger partial charge < -0.3 is 15.0 Å². The summed E-state index contributed by atoms with van der Waals surface area (Å²) in [5.41, 5.74) is 1.03. The number of thioether (sulfide) groups is 1. The zero-order chi connectivity index (χ0) is 15.1. The molecule has 6 nitrogen and oxygen atoms in total. The molecule has 1 heterocycles. The monoisotopic (exact) mass is 305 g/mol. The average Bonchev–Trinajstić information content (AvgIpc) is 2.95. The van der Waals surface area contributed by atoms with Gasteiger partial charge in [-0.2, -0.15) is 0 Å². The summed E-state index contributed by atoms with van der Waals surface area (Å²) in [4.78, 5) is 30.1. The van der Waals surface area contributed by atoms with E-state index in [2.05, 4.69) is 15.3 Å². The largest absolute Gasteiger partial charge is 0.461 e. The first-order valence-corrected chi connectivity index (χ1v) is 7.37. The number of para-hydroxylation sites is 1. The molecule has 2 aromatic rings. The lowest BCUT2D eigenvalue weighted by Gasteiger charge is -2.03. The van der Waals surface area contributed by atoms with Gasteiger partial charge in [0, 0.05) is 5.69 Å². The van der Waals surface area contributed by atoms with Gasteiger partial charge in [0.05, 0.1) is 18.6 Å². The topological polar surface area (TPSA) is 84.1 Å². The van der Waals surface area contributed by atoms with Gasteiger partial charge in [0.2, 0.25) is 5.91 Å². The molecule has 1 amide bonds. The van der Waals surface area contributed by atoms with E-state index in [4.69, 9.17) is 4.74 Å². The fourth-order valence-electron chi connectivity index (χ4n) is 1.54. The van der Waals surface area contributed by atoms with E-state index in [0.29, 0.717) is 11.8 Å². The highest BCUT2D eigenvalue weighted by atomic mass is 32.2. The van der Waals surface area contributed by atoms with Crippen LogP contribution in [0.25, 0.3) is 0 Å². The van der Waals surface area contributed by atoms with Crippen LogP contribution in [0.3, 0.4) is 0 Å². The summed E-state index contributed by atoms with van der Waals surface area (Å²) in [5.74, 6) is -0.393. The van der Waals surface area contributed by atoms with Crippen LogP contribution in [-0.4, -0.2) is 34.2 Å². The molecule has 1 aromatic heterocycles. The van der Waals surface area contributed by atoms with Crippen molar-refractivity contribution in [1.29, 1.82) is 0 Å². The Kier molecular flexibility index (Phi) is 5.39. The Hall–Kier alpha value is -2.28. The number of imidazole rings is 1. The zero-order valence-corrected chi connectivity index (χ0v) is 12.3. The molecule has 0 saturated heterocycles. The molecule has 0 saturated carbocycles. The van der Waals surface area contributed by atoms with Crippen LogP contribution in [0.2, 0.25) is 0 Å². The molecule has 21 heavy (non-hydrogen) atoms. The summed E-state index contributed by atoms with van der Waals surface area (Å²) < 4.78 is 4.85. The number of nitrogens with one attached hydrogen (secondary N) is 2. The summed E-state index contributed by atoms with van der Waals surface area (Å²) in [7, 11) is 0. The van der Waals surface area contributed by atoms with E-state index in [1.807, 2.05) is 30.3 Å². The Labute approximate surface area is 126 Å². The van der Waals surface area contributed by atoms with Crippen LogP contribution in [-0.2, 0) is 9.53 Å². The van der Waals surface area contributed by atoms with Crippen LogP contribution < -0.4 is 5.32 Å². The summed E-state index contributed by atoms with van der Waals surface area (Å²) in [6, 6.07) is 9.20. The maximum atomic E-state index is 11.8. The molecule has 110 valence electrons. The summed E-state index contributed by atoms with van der Waals surface area (Å²) >= 11 is 1.22. The predicted octanol–water partition coefficient (Wildman–Crippen LogP) is 2.32. The minimum absolute atomic E-state index is 0.139. The van der Waals surface area contributed by atoms with E-state index in [9.17, 15) is 9.59 Å². The van der Waals surface area contributed by atoms with Crippen molar-refractivity contribution in [2.75, 3.05) is 17.7 Å². The third-order valence-electron chi connectivity index (χ3n) is 2.45. The lowest BCUT2D eigenvalue weighted by atomic mass is 10.3. The van der Waals surface area contributed by atoms with Gasteiger partial charge in [0.25, 0.3) is 0 Å². The highest BCUT2D eigenvalue weighted by Crippen LogP contribution is 2.15. The van der Waals surface area contributed by atoms with Crippen molar-refractivity contribution in [1.82, 2.24) is 9.97 Å². The second-order valence-electron chi connectivity index (χ2n) is 4.03. The van der Waals surface area contributed by atoms with E-state index in [-0.39, 0.29) is 17.4 Å². The molecule has 0 fully saturated rings. The molecule has 0 unspecified atom stereocenters. The van der Waals surface area contributed by atoms with Crippen molar-refractivity contribution in [3.05, 3.63) is 42.2 Å². The highest BCUT2D eigenvalue weighted by molar-refractivity contribution is 7.99. The number of ether oxygens (including phenoxy) is 1. The molecule has 7 heteroatoms. The van der Waals surface area contributed by atoms with Crippen LogP contribution in [0.1, 0.15) is 17.4 Å². The van der Waals surface area contributed by atoms with E-state index < -0.39 is 5.97 Å². The number of carbonyl (C=O) groups excluding carboxylic acids is 2. The molecule has 0 radical (unpaired) electrons. The number of hydrogen-bond acceptors (Lipinski definition) is 5. The first kappa shape index (κ1) is 15.1. The van der Waals surface area contributed by atoms with Crippen LogP contribution in [0, 0.1) is 0 Å². The Balaban J connectivity index is 1.83. The van der Waals surface area contributed by atoms with Crippen LogP contribution in [0.5, 0.6) is 0 Å². The second kappa shape index (κ2) is 7.49. The number of carbonyl (C=O) groups is 2. The first-order valence-electron chi connectivity index (χ1n) is 6.39. The fourth-order valence-corrected chi connectivity index (χ4v) is 2.19. The normalized spacial score (nSPS) is 10.1. The first-order chi connectivity index (χ1) is 10.2. The van der Waals surface area contributed by atoms with Crippen molar-refractivity contribution in [2.45, 2.75) is 12.1 Å². The Morgan fingerprint density at radius 1 is 1.33 bits per heavy atom. The molecule has 0 bridgehead atoms. The maximum absolute atomic E-state index is 11.8. The Morgan fingerprint density at radius 2 is 2.10 bits per heavy atom. The third kappa shape index (κ3) is 4.64. The Bertz CT molecular complexity index is 613. The van der Waals surface area contributed by atoms with Gasteiger partial charge in [-0.15, -0.1) is 0 Å². The zero-order valence-electron chi connectivity index (χ0n) is 11.5. The smallest absolute Gasteiger partial charge is 0.356 e. The summed E-state index contributed by atoms with van der Waals surface area (Å²) in [6.45, 7) is 2.04. The minimum Gasteiger partial charge on any atom is -0.461 e. The van der Waals surface area contributed by atoms with E-state index in [1.165, 1.54) is 18.0 Å². The second-order valence-corrected chi connectivity index (χ2v) is 4.99. The van der Waals surface area contributed by atoms with E-state index >= 15 is 0 Å². The van der Waals surface area contributed by atoms with Crippen LogP contribution in [0.4, 0.5) is 5.69 Å². The third-order valence-corrected chi connectivity index (χ3v) is 3.33.